The zero-order valence-corrected chi connectivity index (χ0v) is 17.9. The number of nitrogens with one attached hydrogen (secondary N) is 2. The fraction of sp³-hybridized carbons (Fsp3) is 0.304. The maximum Gasteiger partial charge on any atom is 0.321 e. The van der Waals surface area contributed by atoms with Crippen molar-refractivity contribution in [1.29, 1.82) is 0 Å². The van der Waals surface area contributed by atoms with Crippen LogP contribution >= 0.6 is 0 Å². The zero-order valence-electron chi connectivity index (χ0n) is 17.9. The second kappa shape index (κ2) is 10.4. The SMILES string of the molecule is COc1ccccc1N1C[C@H](C(=O)O[C@H](C)C(=O)NC(=O)NCc2ccccc2)CC1=O. The van der Waals surface area contributed by atoms with E-state index < -0.39 is 29.9 Å². The summed E-state index contributed by atoms with van der Waals surface area (Å²) in [4.78, 5) is 50.6. The van der Waals surface area contributed by atoms with Crippen molar-refractivity contribution in [2.24, 2.45) is 5.92 Å². The fourth-order valence-corrected chi connectivity index (χ4v) is 3.31. The number of benzene rings is 2. The molecule has 0 radical (unpaired) electrons. The summed E-state index contributed by atoms with van der Waals surface area (Å²) in [6.45, 7) is 1.73. The van der Waals surface area contributed by atoms with Gasteiger partial charge in [0.15, 0.2) is 6.10 Å². The number of carbonyl (C=O) groups excluding carboxylic acids is 4. The molecule has 0 aliphatic carbocycles. The molecule has 1 fully saturated rings. The standard InChI is InChI=1S/C23H25N3O6/c1-15(21(28)25-23(30)24-13-16-8-4-3-5-9-16)32-22(29)17-12-20(27)26(14-17)18-10-6-7-11-19(18)31-2/h3-11,15,17H,12-14H2,1-2H3,(H2,24,25,28,30)/t15-,17-/m1/s1. The number of nitrogens with zero attached hydrogens (tertiary/aromatic N) is 1. The van der Waals surface area contributed by atoms with E-state index in [1.807, 2.05) is 30.3 Å². The number of hydrogen-bond acceptors (Lipinski definition) is 6. The van der Waals surface area contributed by atoms with Crippen molar-refractivity contribution in [3.05, 3.63) is 60.2 Å². The highest BCUT2D eigenvalue weighted by molar-refractivity contribution is 6.01. The highest BCUT2D eigenvalue weighted by Gasteiger charge is 2.38. The first-order valence-corrected chi connectivity index (χ1v) is 10.2. The molecule has 0 spiro atoms. The molecular formula is C23H25N3O6. The van der Waals surface area contributed by atoms with Gasteiger partial charge in [-0.3, -0.25) is 19.7 Å². The summed E-state index contributed by atoms with van der Waals surface area (Å²) in [5, 5.41) is 4.70. The van der Waals surface area contributed by atoms with Crippen LogP contribution in [0.2, 0.25) is 0 Å². The highest BCUT2D eigenvalue weighted by atomic mass is 16.5. The van der Waals surface area contributed by atoms with E-state index in [0.717, 1.165) is 5.56 Å². The topological polar surface area (TPSA) is 114 Å². The third-order valence-corrected chi connectivity index (χ3v) is 5.03. The van der Waals surface area contributed by atoms with Crippen LogP contribution in [0.25, 0.3) is 0 Å². The lowest BCUT2D eigenvalue weighted by Crippen LogP contribution is -2.45. The molecule has 168 valence electrons. The normalized spacial score (nSPS) is 16.2. The van der Waals surface area contributed by atoms with Crippen LogP contribution in [-0.4, -0.2) is 43.6 Å². The molecule has 1 aliphatic rings. The van der Waals surface area contributed by atoms with Gasteiger partial charge in [-0.2, -0.15) is 0 Å². The van der Waals surface area contributed by atoms with Gasteiger partial charge in [0.05, 0.1) is 18.7 Å². The molecule has 2 aromatic rings. The number of imide groups is 1. The highest BCUT2D eigenvalue weighted by Crippen LogP contribution is 2.33. The number of anilines is 1. The van der Waals surface area contributed by atoms with Crippen molar-refractivity contribution in [2.75, 3.05) is 18.6 Å². The lowest BCUT2D eigenvalue weighted by Gasteiger charge is -2.19. The van der Waals surface area contributed by atoms with Gasteiger partial charge in [0, 0.05) is 19.5 Å². The van der Waals surface area contributed by atoms with Crippen LogP contribution < -0.4 is 20.3 Å². The van der Waals surface area contributed by atoms with Crippen molar-refractivity contribution >= 4 is 29.5 Å². The summed E-state index contributed by atoms with van der Waals surface area (Å²) >= 11 is 0. The second-order valence-electron chi connectivity index (χ2n) is 7.31. The lowest BCUT2D eigenvalue weighted by molar-refractivity contribution is -0.158. The predicted octanol–water partition coefficient (Wildman–Crippen LogP) is 2.01. The number of ether oxygens (including phenoxy) is 2. The molecule has 2 aromatic carbocycles. The molecule has 2 N–H and O–H groups in total. The van der Waals surface area contributed by atoms with E-state index in [9.17, 15) is 19.2 Å². The van der Waals surface area contributed by atoms with Gasteiger partial charge < -0.3 is 19.7 Å². The maximum absolute atomic E-state index is 12.5. The van der Waals surface area contributed by atoms with Crippen LogP contribution in [0.1, 0.15) is 18.9 Å². The number of esters is 1. The Morgan fingerprint density at radius 1 is 1.09 bits per heavy atom. The number of para-hydroxylation sites is 2. The quantitative estimate of drug-likeness (QED) is 0.638. The number of carbonyl (C=O) groups is 4. The molecule has 0 aromatic heterocycles. The Balaban J connectivity index is 1.50. The summed E-state index contributed by atoms with van der Waals surface area (Å²) in [5.41, 5.74) is 1.44. The van der Waals surface area contributed by atoms with Crippen molar-refractivity contribution in [2.45, 2.75) is 26.0 Å². The van der Waals surface area contributed by atoms with Gasteiger partial charge >= 0.3 is 12.0 Å². The van der Waals surface area contributed by atoms with Gasteiger partial charge in [-0.25, -0.2) is 4.79 Å². The molecule has 0 saturated carbocycles. The molecule has 1 aliphatic heterocycles. The van der Waals surface area contributed by atoms with Crippen LogP contribution in [0.15, 0.2) is 54.6 Å². The molecule has 1 saturated heterocycles. The monoisotopic (exact) mass is 439 g/mol. The van der Waals surface area contributed by atoms with Crippen LogP contribution in [0, 0.1) is 5.92 Å². The first-order chi connectivity index (χ1) is 15.4. The molecule has 3 rings (SSSR count). The summed E-state index contributed by atoms with van der Waals surface area (Å²) < 4.78 is 10.5. The Morgan fingerprint density at radius 3 is 2.50 bits per heavy atom. The van der Waals surface area contributed by atoms with Crippen LogP contribution in [0.4, 0.5) is 10.5 Å². The average molecular weight is 439 g/mol. The van der Waals surface area contributed by atoms with E-state index in [0.29, 0.717) is 11.4 Å². The van der Waals surface area contributed by atoms with Crippen molar-refractivity contribution in [3.8, 4) is 5.75 Å². The van der Waals surface area contributed by atoms with Crippen LogP contribution in [-0.2, 0) is 25.7 Å². The molecular weight excluding hydrogens is 414 g/mol. The summed E-state index contributed by atoms with van der Waals surface area (Å²) in [6.07, 6.45) is -1.23. The van der Waals surface area contributed by atoms with E-state index >= 15 is 0 Å². The Kier molecular flexibility index (Phi) is 7.43. The molecule has 0 unspecified atom stereocenters. The van der Waals surface area contributed by atoms with Gasteiger partial charge in [-0.1, -0.05) is 42.5 Å². The Bertz CT molecular complexity index is 994. The lowest BCUT2D eigenvalue weighted by atomic mass is 10.1. The molecule has 9 nitrogen and oxygen atoms in total. The Labute approximate surface area is 185 Å². The van der Waals surface area contributed by atoms with Crippen molar-refractivity contribution < 1.29 is 28.7 Å². The molecule has 32 heavy (non-hydrogen) atoms. The van der Waals surface area contributed by atoms with Gasteiger partial charge in [-0.05, 0) is 24.6 Å². The second-order valence-corrected chi connectivity index (χ2v) is 7.31. The van der Waals surface area contributed by atoms with Crippen molar-refractivity contribution in [1.82, 2.24) is 10.6 Å². The molecule has 2 atom stereocenters. The van der Waals surface area contributed by atoms with E-state index in [1.54, 1.807) is 24.3 Å². The van der Waals surface area contributed by atoms with Gasteiger partial charge in [0.25, 0.3) is 5.91 Å². The van der Waals surface area contributed by atoms with Crippen LogP contribution in [0.5, 0.6) is 5.75 Å². The summed E-state index contributed by atoms with van der Waals surface area (Å²) in [6, 6.07) is 15.5. The minimum Gasteiger partial charge on any atom is -0.495 e. The third-order valence-electron chi connectivity index (χ3n) is 5.03. The van der Waals surface area contributed by atoms with Crippen molar-refractivity contribution in [3.63, 3.8) is 0 Å². The van der Waals surface area contributed by atoms with Crippen LogP contribution in [0.3, 0.4) is 0 Å². The zero-order chi connectivity index (χ0) is 23.1. The fourth-order valence-electron chi connectivity index (χ4n) is 3.31. The van der Waals surface area contributed by atoms with Gasteiger partial charge in [0.1, 0.15) is 5.75 Å². The largest absolute Gasteiger partial charge is 0.495 e. The number of methoxy groups -OCH3 is 1. The molecule has 4 amide bonds. The first-order valence-electron chi connectivity index (χ1n) is 10.2. The van der Waals surface area contributed by atoms with E-state index in [1.165, 1.54) is 18.9 Å². The Hall–Kier alpha value is -3.88. The molecule has 9 heteroatoms. The Morgan fingerprint density at radius 2 is 1.78 bits per heavy atom. The van der Waals surface area contributed by atoms with Gasteiger partial charge in [0.2, 0.25) is 5.91 Å². The number of hydrogen-bond donors (Lipinski definition) is 2. The van der Waals surface area contributed by atoms with Gasteiger partial charge in [-0.15, -0.1) is 0 Å². The average Bonchev–Trinajstić information content (AvgIpc) is 3.19. The molecule has 0 bridgehead atoms. The van der Waals surface area contributed by atoms with E-state index in [4.69, 9.17) is 9.47 Å². The smallest absolute Gasteiger partial charge is 0.321 e. The minimum atomic E-state index is -1.19. The first kappa shape index (κ1) is 22.8. The van der Waals surface area contributed by atoms with E-state index in [2.05, 4.69) is 10.6 Å². The maximum atomic E-state index is 12.5. The number of amides is 4. The third kappa shape index (κ3) is 5.63. The molecule has 1 heterocycles. The summed E-state index contributed by atoms with van der Waals surface area (Å²) in [5.74, 6) is -1.88. The summed E-state index contributed by atoms with van der Waals surface area (Å²) in [7, 11) is 1.50. The van der Waals surface area contributed by atoms with E-state index in [-0.39, 0.29) is 25.4 Å². The predicted molar refractivity (Wildman–Crippen MR) is 116 cm³/mol. The minimum absolute atomic E-state index is 0.0389. The number of rotatable bonds is 7. The number of urea groups is 1.